The maximum absolute atomic E-state index is 5.97. The lowest BCUT2D eigenvalue weighted by Gasteiger charge is -2.09. The molecule has 8 nitrogen and oxygen atoms in total. The first kappa shape index (κ1) is 20.1. The molecule has 30 heavy (non-hydrogen) atoms. The minimum atomic E-state index is 0.163. The van der Waals surface area contributed by atoms with Crippen molar-refractivity contribution in [2.45, 2.75) is 17.8 Å². The molecule has 3 N–H and O–H groups in total. The first-order valence-corrected chi connectivity index (χ1v) is 10.5. The monoisotopic (exact) mass is 438 g/mol. The average molecular weight is 439 g/mol. The number of nitrogens with zero attached hydrogens (tertiary/aromatic N) is 6. The highest BCUT2D eigenvalue weighted by atomic mass is 35.5. The summed E-state index contributed by atoms with van der Waals surface area (Å²) in [7, 11) is 1.92. The van der Waals surface area contributed by atoms with Crippen LogP contribution in [0.1, 0.15) is 11.4 Å². The van der Waals surface area contributed by atoms with E-state index >= 15 is 0 Å². The zero-order chi connectivity index (χ0) is 21.1. The molecule has 152 valence electrons. The molecule has 0 spiro atoms. The highest BCUT2D eigenvalue weighted by Crippen LogP contribution is 2.26. The van der Waals surface area contributed by atoms with E-state index in [4.69, 9.17) is 17.3 Å². The van der Waals surface area contributed by atoms with Crippen LogP contribution in [0.2, 0.25) is 5.02 Å². The zero-order valence-corrected chi connectivity index (χ0v) is 17.9. The number of para-hydroxylation sites is 1. The summed E-state index contributed by atoms with van der Waals surface area (Å²) in [6.45, 7) is 2.01. The normalized spacial score (nSPS) is 10.9. The molecule has 4 aromatic rings. The van der Waals surface area contributed by atoms with E-state index in [1.54, 1.807) is 0 Å². The Morgan fingerprint density at radius 1 is 1.03 bits per heavy atom. The van der Waals surface area contributed by atoms with E-state index in [-0.39, 0.29) is 5.95 Å². The molecule has 10 heteroatoms. The van der Waals surface area contributed by atoms with E-state index in [1.807, 2.05) is 67.1 Å². The number of benzene rings is 2. The molecule has 0 aliphatic carbocycles. The van der Waals surface area contributed by atoms with Crippen LogP contribution in [0.5, 0.6) is 0 Å². The van der Waals surface area contributed by atoms with Crippen LogP contribution in [0.25, 0.3) is 11.4 Å². The number of nitrogen functional groups attached to an aromatic ring is 1. The van der Waals surface area contributed by atoms with Gasteiger partial charge in [-0.05, 0) is 42.8 Å². The quantitative estimate of drug-likeness (QED) is 0.430. The first-order chi connectivity index (χ1) is 14.5. The second-order valence-electron chi connectivity index (χ2n) is 6.53. The molecule has 0 unspecified atom stereocenters. The summed E-state index contributed by atoms with van der Waals surface area (Å²) in [6, 6.07) is 15.4. The minimum absolute atomic E-state index is 0.163. The van der Waals surface area contributed by atoms with Gasteiger partial charge < -0.3 is 15.6 Å². The smallest absolute Gasteiger partial charge is 0.232 e. The summed E-state index contributed by atoms with van der Waals surface area (Å²) in [5.41, 5.74) is 8.83. The fraction of sp³-hybridized carbons (Fsp3) is 0.150. The van der Waals surface area contributed by atoms with Gasteiger partial charge in [0.15, 0.2) is 11.0 Å². The Morgan fingerprint density at radius 2 is 1.80 bits per heavy atom. The molecule has 0 radical (unpaired) electrons. The van der Waals surface area contributed by atoms with Gasteiger partial charge in [-0.25, -0.2) is 0 Å². The molecule has 2 aromatic carbocycles. The third kappa shape index (κ3) is 4.52. The standard InChI is InChI=1S/C20H19ClN8S/c1-12-5-3-4-6-15(12)23-19-25-16(24-18(22)26-19)11-30-20-28-27-17(29(20)2)13-7-9-14(21)10-8-13/h3-10H,11H2,1-2H3,(H3,22,23,24,25,26). The summed E-state index contributed by atoms with van der Waals surface area (Å²) in [5.74, 6) is 2.36. The number of aromatic nitrogens is 6. The van der Waals surface area contributed by atoms with Crippen LogP contribution in [0.4, 0.5) is 17.6 Å². The van der Waals surface area contributed by atoms with Crippen LogP contribution in [-0.4, -0.2) is 29.7 Å². The largest absolute Gasteiger partial charge is 0.368 e. The van der Waals surface area contributed by atoms with E-state index in [0.717, 1.165) is 27.8 Å². The third-order valence-electron chi connectivity index (χ3n) is 4.36. The Morgan fingerprint density at radius 3 is 2.57 bits per heavy atom. The zero-order valence-electron chi connectivity index (χ0n) is 16.4. The Kier molecular flexibility index (Phi) is 5.82. The van der Waals surface area contributed by atoms with Gasteiger partial charge in [0.1, 0.15) is 5.82 Å². The maximum Gasteiger partial charge on any atom is 0.232 e. The van der Waals surface area contributed by atoms with E-state index in [0.29, 0.717) is 22.5 Å². The van der Waals surface area contributed by atoms with Crippen molar-refractivity contribution in [3.05, 3.63) is 64.9 Å². The van der Waals surface area contributed by atoms with Gasteiger partial charge in [0, 0.05) is 23.3 Å². The van der Waals surface area contributed by atoms with Crippen molar-refractivity contribution in [1.29, 1.82) is 0 Å². The number of hydrogen-bond acceptors (Lipinski definition) is 8. The van der Waals surface area contributed by atoms with Gasteiger partial charge in [-0.2, -0.15) is 15.0 Å². The average Bonchev–Trinajstić information content (AvgIpc) is 3.09. The molecule has 0 bridgehead atoms. The van der Waals surface area contributed by atoms with E-state index in [9.17, 15) is 0 Å². The molecule has 0 fully saturated rings. The molecular weight excluding hydrogens is 420 g/mol. The molecule has 0 saturated heterocycles. The molecule has 0 aliphatic rings. The van der Waals surface area contributed by atoms with E-state index in [2.05, 4.69) is 30.5 Å². The molecule has 2 aromatic heterocycles. The number of rotatable bonds is 6. The summed E-state index contributed by atoms with van der Waals surface area (Å²) in [5, 5.41) is 13.2. The molecule has 0 saturated carbocycles. The number of halogens is 1. The predicted octanol–water partition coefficient (Wildman–Crippen LogP) is 4.25. The third-order valence-corrected chi connectivity index (χ3v) is 5.63. The highest BCUT2D eigenvalue weighted by Gasteiger charge is 2.13. The van der Waals surface area contributed by atoms with Crippen molar-refractivity contribution in [1.82, 2.24) is 29.7 Å². The van der Waals surface area contributed by atoms with Gasteiger partial charge in [0.25, 0.3) is 0 Å². The molecule has 4 rings (SSSR count). The van der Waals surface area contributed by atoms with Crippen LogP contribution < -0.4 is 11.1 Å². The fourth-order valence-electron chi connectivity index (χ4n) is 2.81. The summed E-state index contributed by atoms with van der Waals surface area (Å²) >= 11 is 7.44. The molecule has 0 amide bonds. The van der Waals surface area contributed by atoms with Crippen LogP contribution in [-0.2, 0) is 12.8 Å². The number of thioether (sulfide) groups is 1. The molecular formula is C20H19ClN8S. The van der Waals surface area contributed by atoms with E-state index < -0.39 is 0 Å². The Hall–Kier alpha value is -3.17. The van der Waals surface area contributed by atoms with Crippen molar-refractivity contribution in [3.63, 3.8) is 0 Å². The van der Waals surface area contributed by atoms with Gasteiger partial charge in [-0.1, -0.05) is 41.6 Å². The summed E-state index contributed by atoms with van der Waals surface area (Å²) in [4.78, 5) is 12.9. The summed E-state index contributed by atoms with van der Waals surface area (Å²) in [6.07, 6.45) is 0. The van der Waals surface area contributed by atoms with Crippen LogP contribution in [0, 0.1) is 6.92 Å². The highest BCUT2D eigenvalue weighted by molar-refractivity contribution is 7.98. The number of hydrogen-bond donors (Lipinski definition) is 2. The maximum atomic E-state index is 5.97. The van der Waals surface area contributed by atoms with Crippen LogP contribution in [0.15, 0.2) is 53.7 Å². The number of anilines is 3. The van der Waals surface area contributed by atoms with Crippen molar-refractivity contribution in [2.75, 3.05) is 11.1 Å². The number of aryl methyl sites for hydroxylation is 1. The number of nitrogens with one attached hydrogen (secondary N) is 1. The first-order valence-electron chi connectivity index (χ1n) is 9.11. The Labute approximate surface area is 182 Å². The summed E-state index contributed by atoms with van der Waals surface area (Å²) < 4.78 is 1.92. The lowest BCUT2D eigenvalue weighted by atomic mass is 10.2. The van der Waals surface area contributed by atoms with Gasteiger partial charge in [-0.3, -0.25) is 0 Å². The number of nitrogens with two attached hydrogens (primary N) is 1. The molecule has 0 aliphatic heterocycles. The topological polar surface area (TPSA) is 107 Å². The molecule has 0 atom stereocenters. The second-order valence-corrected chi connectivity index (χ2v) is 7.91. The van der Waals surface area contributed by atoms with Crippen LogP contribution in [0.3, 0.4) is 0 Å². The second kappa shape index (κ2) is 8.68. The Bertz CT molecular complexity index is 1180. The van der Waals surface area contributed by atoms with Gasteiger partial charge in [0.05, 0.1) is 5.75 Å². The van der Waals surface area contributed by atoms with Crippen molar-refractivity contribution >= 4 is 40.9 Å². The predicted molar refractivity (Wildman–Crippen MR) is 120 cm³/mol. The van der Waals surface area contributed by atoms with Crippen molar-refractivity contribution in [2.24, 2.45) is 7.05 Å². The van der Waals surface area contributed by atoms with Crippen molar-refractivity contribution in [3.8, 4) is 11.4 Å². The SMILES string of the molecule is Cc1ccccc1Nc1nc(N)nc(CSc2nnc(-c3ccc(Cl)cc3)n2C)n1. The van der Waals surface area contributed by atoms with Gasteiger partial charge in [-0.15, -0.1) is 10.2 Å². The Balaban J connectivity index is 1.50. The molecule has 2 heterocycles. The van der Waals surface area contributed by atoms with Crippen molar-refractivity contribution < 1.29 is 0 Å². The van der Waals surface area contributed by atoms with Gasteiger partial charge in [0.2, 0.25) is 11.9 Å². The van der Waals surface area contributed by atoms with E-state index in [1.165, 1.54) is 11.8 Å². The lowest BCUT2D eigenvalue weighted by Crippen LogP contribution is -2.07. The fourth-order valence-corrected chi connectivity index (χ4v) is 3.70. The minimum Gasteiger partial charge on any atom is -0.368 e. The van der Waals surface area contributed by atoms with Gasteiger partial charge >= 0.3 is 0 Å². The lowest BCUT2D eigenvalue weighted by molar-refractivity contribution is 0.792. The van der Waals surface area contributed by atoms with Crippen LogP contribution >= 0.6 is 23.4 Å².